The molecular formula is C14H16N4O3. The van der Waals surface area contributed by atoms with Crippen molar-refractivity contribution >= 4 is 11.6 Å². The van der Waals surface area contributed by atoms with Gasteiger partial charge in [-0.05, 0) is 25.5 Å². The van der Waals surface area contributed by atoms with Gasteiger partial charge in [-0.15, -0.1) is 0 Å². The number of amides is 1. The number of carbonyl (C=O) groups is 1. The zero-order chi connectivity index (χ0) is 15.4. The molecule has 7 heteroatoms. The molecule has 0 bridgehead atoms. The number of aromatic nitrogens is 2. The first-order valence-corrected chi connectivity index (χ1v) is 6.57. The molecular weight excluding hydrogens is 272 g/mol. The molecule has 0 aliphatic carbocycles. The summed E-state index contributed by atoms with van der Waals surface area (Å²) >= 11 is 0. The second-order valence-corrected chi connectivity index (χ2v) is 4.68. The van der Waals surface area contributed by atoms with E-state index in [1.54, 1.807) is 19.1 Å². The Labute approximate surface area is 121 Å². The van der Waals surface area contributed by atoms with Gasteiger partial charge in [-0.3, -0.25) is 20.0 Å². The van der Waals surface area contributed by atoms with E-state index in [0.29, 0.717) is 12.1 Å². The van der Waals surface area contributed by atoms with Crippen LogP contribution in [0.1, 0.15) is 34.2 Å². The van der Waals surface area contributed by atoms with Crippen molar-refractivity contribution in [2.24, 2.45) is 0 Å². The van der Waals surface area contributed by atoms with Crippen molar-refractivity contribution in [1.29, 1.82) is 0 Å². The number of nitro groups is 1. The summed E-state index contributed by atoms with van der Waals surface area (Å²) in [4.78, 5) is 22.4. The van der Waals surface area contributed by atoms with E-state index in [1.807, 2.05) is 13.0 Å². The molecule has 0 fully saturated rings. The fourth-order valence-corrected chi connectivity index (χ4v) is 1.91. The van der Waals surface area contributed by atoms with Crippen molar-refractivity contribution in [3.05, 3.63) is 56.9 Å². The highest BCUT2D eigenvalue weighted by molar-refractivity contribution is 5.94. The van der Waals surface area contributed by atoms with Crippen LogP contribution >= 0.6 is 0 Å². The maximum absolute atomic E-state index is 12.0. The molecule has 7 nitrogen and oxygen atoms in total. The van der Waals surface area contributed by atoms with Crippen LogP contribution in [0.25, 0.3) is 0 Å². The van der Waals surface area contributed by atoms with Gasteiger partial charge >= 0.3 is 0 Å². The average Bonchev–Trinajstić information content (AvgIpc) is 2.93. The Hall–Kier alpha value is -2.70. The molecule has 0 saturated carbocycles. The van der Waals surface area contributed by atoms with Crippen molar-refractivity contribution in [3.8, 4) is 0 Å². The first-order valence-electron chi connectivity index (χ1n) is 6.57. The molecule has 2 N–H and O–H groups in total. The number of hydrogen-bond donors (Lipinski definition) is 2. The lowest BCUT2D eigenvalue weighted by atomic mass is 10.1. The van der Waals surface area contributed by atoms with Crippen LogP contribution in [0.3, 0.4) is 0 Å². The Balaban J connectivity index is 2.06. The molecule has 110 valence electrons. The van der Waals surface area contributed by atoms with Crippen LogP contribution in [0, 0.1) is 17.0 Å². The molecule has 2 rings (SSSR count). The fourth-order valence-electron chi connectivity index (χ4n) is 1.91. The van der Waals surface area contributed by atoms with Crippen molar-refractivity contribution in [1.82, 2.24) is 15.5 Å². The third kappa shape index (κ3) is 3.44. The molecule has 0 aliphatic heterocycles. The third-order valence-electron chi connectivity index (χ3n) is 3.15. The first-order chi connectivity index (χ1) is 10.0. The van der Waals surface area contributed by atoms with Crippen LogP contribution in [-0.4, -0.2) is 21.0 Å². The van der Waals surface area contributed by atoms with E-state index in [0.717, 1.165) is 17.8 Å². The van der Waals surface area contributed by atoms with E-state index >= 15 is 0 Å². The van der Waals surface area contributed by atoms with Gasteiger partial charge in [0, 0.05) is 17.2 Å². The van der Waals surface area contributed by atoms with Gasteiger partial charge in [0.05, 0.1) is 22.9 Å². The minimum atomic E-state index is -0.492. The lowest BCUT2D eigenvalue weighted by Crippen LogP contribution is -2.23. The largest absolute Gasteiger partial charge is 0.346 e. The van der Waals surface area contributed by atoms with E-state index < -0.39 is 4.92 Å². The molecule has 0 unspecified atom stereocenters. The number of rotatable bonds is 5. The zero-order valence-corrected chi connectivity index (χ0v) is 11.8. The number of hydrogen-bond acceptors (Lipinski definition) is 4. The van der Waals surface area contributed by atoms with Gasteiger partial charge in [-0.2, -0.15) is 5.10 Å². The molecule has 1 aromatic heterocycles. The smallest absolute Gasteiger partial charge is 0.273 e. The molecule has 1 aromatic carbocycles. The highest BCUT2D eigenvalue weighted by Crippen LogP contribution is 2.19. The number of nitrogens with one attached hydrogen (secondary N) is 2. The highest BCUT2D eigenvalue weighted by atomic mass is 16.6. The van der Waals surface area contributed by atoms with E-state index in [-0.39, 0.29) is 17.2 Å². The van der Waals surface area contributed by atoms with Gasteiger partial charge in [0.1, 0.15) is 0 Å². The number of aryl methyl sites for hydroxylation is 2. The molecule has 2 aromatic rings. The first kappa shape index (κ1) is 14.7. The Kier molecular flexibility index (Phi) is 4.32. The average molecular weight is 288 g/mol. The Morgan fingerprint density at radius 1 is 1.43 bits per heavy atom. The lowest BCUT2D eigenvalue weighted by Gasteiger charge is -2.04. The standard InChI is InChI=1S/C14H16N4O3/c1-3-11-7-12(17-16-11)8-15-14(19)10-5-4-9(2)13(6-10)18(20)21/h4-7H,3,8H2,1-2H3,(H,15,19)(H,16,17). The van der Waals surface area contributed by atoms with E-state index in [1.165, 1.54) is 6.07 Å². The zero-order valence-electron chi connectivity index (χ0n) is 11.8. The normalized spacial score (nSPS) is 10.4. The maximum atomic E-state index is 12.0. The minimum Gasteiger partial charge on any atom is -0.346 e. The van der Waals surface area contributed by atoms with Crippen LogP contribution in [0.15, 0.2) is 24.3 Å². The van der Waals surface area contributed by atoms with Crippen LogP contribution in [0.2, 0.25) is 0 Å². The Bertz CT molecular complexity index is 679. The van der Waals surface area contributed by atoms with E-state index in [9.17, 15) is 14.9 Å². The SMILES string of the molecule is CCc1cc(CNC(=O)c2ccc(C)c([N+](=O)[O-])c2)[nH]n1. The molecule has 1 amide bonds. The number of nitrogens with zero attached hydrogens (tertiary/aromatic N) is 2. The summed E-state index contributed by atoms with van der Waals surface area (Å²) in [5.41, 5.74) is 2.45. The summed E-state index contributed by atoms with van der Waals surface area (Å²) in [6, 6.07) is 6.30. The fraction of sp³-hybridized carbons (Fsp3) is 0.286. The number of aromatic amines is 1. The summed E-state index contributed by atoms with van der Waals surface area (Å²) in [5.74, 6) is -0.356. The van der Waals surface area contributed by atoms with Crippen LogP contribution in [0.4, 0.5) is 5.69 Å². The summed E-state index contributed by atoms with van der Waals surface area (Å²) in [5, 5.41) is 20.5. The van der Waals surface area contributed by atoms with Gasteiger partial charge in [0.25, 0.3) is 11.6 Å². The van der Waals surface area contributed by atoms with Crippen LogP contribution < -0.4 is 5.32 Å². The monoisotopic (exact) mass is 288 g/mol. The summed E-state index contributed by atoms with van der Waals surface area (Å²) in [7, 11) is 0. The molecule has 1 heterocycles. The summed E-state index contributed by atoms with van der Waals surface area (Å²) in [6.45, 7) is 3.92. The minimum absolute atomic E-state index is 0.0579. The lowest BCUT2D eigenvalue weighted by molar-refractivity contribution is -0.385. The molecule has 0 saturated heterocycles. The third-order valence-corrected chi connectivity index (χ3v) is 3.15. The van der Waals surface area contributed by atoms with Crippen LogP contribution in [-0.2, 0) is 13.0 Å². The highest BCUT2D eigenvalue weighted by Gasteiger charge is 2.14. The topological polar surface area (TPSA) is 101 Å². The predicted octanol–water partition coefficient (Wildman–Crippen LogP) is 2.12. The van der Waals surface area contributed by atoms with Crippen molar-refractivity contribution in [2.45, 2.75) is 26.8 Å². The van der Waals surface area contributed by atoms with Crippen molar-refractivity contribution in [2.75, 3.05) is 0 Å². The maximum Gasteiger partial charge on any atom is 0.273 e. The Morgan fingerprint density at radius 3 is 2.81 bits per heavy atom. The number of nitro benzene ring substituents is 1. The second-order valence-electron chi connectivity index (χ2n) is 4.68. The van der Waals surface area contributed by atoms with Gasteiger partial charge in [0.2, 0.25) is 0 Å². The quantitative estimate of drug-likeness (QED) is 0.650. The molecule has 21 heavy (non-hydrogen) atoms. The predicted molar refractivity (Wildman–Crippen MR) is 77.0 cm³/mol. The van der Waals surface area contributed by atoms with Crippen molar-refractivity contribution in [3.63, 3.8) is 0 Å². The molecule has 0 radical (unpaired) electrons. The number of H-pyrrole nitrogens is 1. The van der Waals surface area contributed by atoms with Gasteiger partial charge in [-0.1, -0.05) is 13.0 Å². The van der Waals surface area contributed by atoms with Gasteiger partial charge in [0.15, 0.2) is 0 Å². The number of benzene rings is 1. The van der Waals surface area contributed by atoms with Gasteiger partial charge in [-0.25, -0.2) is 0 Å². The molecule has 0 atom stereocenters. The molecule has 0 spiro atoms. The van der Waals surface area contributed by atoms with E-state index in [4.69, 9.17) is 0 Å². The Morgan fingerprint density at radius 2 is 2.19 bits per heavy atom. The van der Waals surface area contributed by atoms with Crippen LogP contribution in [0.5, 0.6) is 0 Å². The van der Waals surface area contributed by atoms with Crippen molar-refractivity contribution < 1.29 is 9.72 Å². The summed E-state index contributed by atoms with van der Waals surface area (Å²) < 4.78 is 0. The summed E-state index contributed by atoms with van der Waals surface area (Å²) in [6.07, 6.45) is 0.814. The second kappa shape index (κ2) is 6.17. The number of carbonyl (C=O) groups excluding carboxylic acids is 1. The van der Waals surface area contributed by atoms with E-state index in [2.05, 4.69) is 15.5 Å². The van der Waals surface area contributed by atoms with Gasteiger partial charge < -0.3 is 5.32 Å². The molecule has 0 aliphatic rings.